The number of aromatic nitrogens is 1. The molecule has 1 amide bonds. The van der Waals surface area contributed by atoms with Crippen molar-refractivity contribution in [1.82, 2.24) is 9.88 Å². The molecule has 1 aromatic carbocycles. The maximum atomic E-state index is 12.6. The third kappa shape index (κ3) is 2.79. The number of nitrogens with one attached hydrogen (secondary N) is 1. The number of H-pyrrole nitrogens is 1. The first kappa shape index (κ1) is 14.5. The van der Waals surface area contributed by atoms with Crippen molar-refractivity contribution in [1.29, 1.82) is 0 Å². The molecule has 2 aliphatic heterocycles. The van der Waals surface area contributed by atoms with E-state index in [1.54, 1.807) is 0 Å². The second-order valence-electron chi connectivity index (χ2n) is 6.49. The molecule has 3 heterocycles. The topological polar surface area (TPSA) is 39.3 Å². The molecule has 4 heteroatoms. The van der Waals surface area contributed by atoms with Gasteiger partial charge in [0.05, 0.1) is 0 Å². The SMILES string of the molecule is O=C(CCN1CCC[C@@H]1c1ccc[nH]1)N1CCc2ccccc21. The molecule has 4 rings (SSSR count). The maximum absolute atomic E-state index is 12.6. The number of anilines is 1. The van der Waals surface area contributed by atoms with E-state index in [9.17, 15) is 4.79 Å². The summed E-state index contributed by atoms with van der Waals surface area (Å²) in [5, 5.41) is 0. The molecule has 1 aromatic heterocycles. The molecule has 0 unspecified atom stereocenters. The van der Waals surface area contributed by atoms with Gasteiger partial charge in [0.1, 0.15) is 0 Å². The van der Waals surface area contributed by atoms with Crippen LogP contribution in [0, 0.1) is 0 Å². The van der Waals surface area contributed by atoms with Gasteiger partial charge in [-0.2, -0.15) is 0 Å². The number of carbonyl (C=O) groups excluding carboxylic acids is 1. The van der Waals surface area contributed by atoms with Crippen molar-refractivity contribution in [2.24, 2.45) is 0 Å². The Bertz CT molecular complexity index is 680. The molecule has 0 bridgehead atoms. The van der Waals surface area contributed by atoms with Crippen LogP contribution in [0.15, 0.2) is 42.6 Å². The summed E-state index contributed by atoms with van der Waals surface area (Å²) in [6.45, 7) is 2.77. The Morgan fingerprint density at radius 3 is 2.96 bits per heavy atom. The number of para-hydroxylation sites is 1. The first-order chi connectivity index (χ1) is 11.3. The maximum Gasteiger partial charge on any atom is 0.228 e. The van der Waals surface area contributed by atoms with Crippen molar-refractivity contribution in [3.05, 3.63) is 53.9 Å². The number of likely N-dealkylation sites (tertiary alicyclic amines) is 1. The van der Waals surface area contributed by atoms with Crippen LogP contribution in [-0.2, 0) is 11.2 Å². The van der Waals surface area contributed by atoms with Gasteiger partial charge in [-0.3, -0.25) is 9.69 Å². The summed E-state index contributed by atoms with van der Waals surface area (Å²) >= 11 is 0. The highest BCUT2D eigenvalue weighted by Crippen LogP contribution is 2.32. The number of fused-ring (bicyclic) bond motifs is 1. The summed E-state index contributed by atoms with van der Waals surface area (Å²) in [7, 11) is 0. The minimum Gasteiger partial charge on any atom is -0.364 e. The summed E-state index contributed by atoms with van der Waals surface area (Å²) in [4.78, 5) is 20.4. The van der Waals surface area contributed by atoms with Crippen LogP contribution in [0.1, 0.15) is 36.6 Å². The predicted molar refractivity (Wildman–Crippen MR) is 91.5 cm³/mol. The van der Waals surface area contributed by atoms with Crippen LogP contribution in [0.2, 0.25) is 0 Å². The van der Waals surface area contributed by atoms with Crippen molar-refractivity contribution >= 4 is 11.6 Å². The molecule has 1 atom stereocenters. The fourth-order valence-electron chi connectivity index (χ4n) is 3.97. The van der Waals surface area contributed by atoms with E-state index in [-0.39, 0.29) is 5.91 Å². The molecule has 1 saturated heterocycles. The van der Waals surface area contributed by atoms with E-state index in [2.05, 4.69) is 40.2 Å². The van der Waals surface area contributed by atoms with Crippen molar-refractivity contribution < 1.29 is 4.79 Å². The lowest BCUT2D eigenvalue weighted by Crippen LogP contribution is -2.33. The quantitative estimate of drug-likeness (QED) is 0.942. The predicted octanol–water partition coefficient (Wildman–Crippen LogP) is 3.13. The molecule has 2 aromatic rings. The Kier molecular flexibility index (Phi) is 3.92. The minimum absolute atomic E-state index is 0.257. The molecule has 0 spiro atoms. The monoisotopic (exact) mass is 309 g/mol. The van der Waals surface area contributed by atoms with E-state index in [1.165, 1.54) is 24.1 Å². The number of aromatic amines is 1. The number of benzene rings is 1. The molecule has 4 nitrogen and oxygen atoms in total. The Hall–Kier alpha value is -2.07. The summed E-state index contributed by atoms with van der Waals surface area (Å²) in [5.41, 5.74) is 3.69. The Balaban J connectivity index is 1.39. The fourth-order valence-corrected chi connectivity index (χ4v) is 3.97. The van der Waals surface area contributed by atoms with Gasteiger partial charge in [0.15, 0.2) is 0 Å². The Morgan fingerprint density at radius 2 is 2.09 bits per heavy atom. The van der Waals surface area contributed by atoms with E-state index >= 15 is 0 Å². The molecular weight excluding hydrogens is 286 g/mol. The minimum atomic E-state index is 0.257. The van der Waals surface area contributed by atoms with Gasteiger partial charge in [0.2, 0.25) is 5.91 Å². The van der Waals surface area contributed by atoms with Crippen LogP contribution in [-0.4, -0.2) is 35.4 Å². The van der Waals surface area contributed by atoms with Gasteiger partial charge in [0.25, 0.3) is 0 Å². The lowest BCUT2D eigenvalue weighted by Gasteiger charge is -2.25. The van der Waals surface area contributed by atoms with E-state index < -0.39 is 0 Å². The van der Waals surface area contributed by atoms with Gasteiger partial charge >= 0.3 is 0 Å². The van der Waals surface area contributed by atoms with E-state index in [1.807, 2.05) is 17.2 Å². The summed E-state index contributed by atoms with van der Waals surface area (Å²) in [6.07, 6.45) is 5.96. The number of carbonyl (C=O) groups is 1. The van der Waals surface area contributed by atoms with Crippen LogP contribution in [0.3, 0.4) is 0 Å². The summed E-state index contributed by atoms with van der Waals surface area (Å²) < 4.78 is 0. The summed E-state index contributed by atoms with van der Waals surface area (Å²) in [5.74, 6) is 0.257. The highest BCUT2D eigenvalue weighted by Gasteiger charge is 2.29. The highest BCUT2D eigenvalue weighted by atomic mass is 16.2. The zero-order valence-electron chi connectivity index (χ0n) is 13.4. The van der Waals surface area contributed by atoms with Gasteiger partial charge in [0, 0.05) is 43.1 Å². The van der Waals surface area contributed by atoms with E-state index in [0.717, 1.165) is 31.7 Å². The van der Waals surface area contributed by atoms with Gasteiger partial charge in [-0.1, -0.05) is 18.2 Å². The second kappa shape index (κ2) is 6.20. The molecule has 1 fully saturated rings. The number of rotatable bonds is 4. The molecule has 0 saturated carbocycles. The Morgan fingerprint density at radius 1 is 1.17 bits per heavy atom. The Labute approximate surface area is 137 Å². The fraction of sp³-hybridized carbons (Fsp3) is 0.421. The number of amides is 1. The highest BCUT2D eigenvalue weighted by molar-refractivity contribution is 5.95. The third-order valence-corrected chi connectivity index (χ3v) is 5.15. The third-order valence-electron chi connectivity index (χ3n) is 5.15. The van der Waals surface area contributed by atoms with Gasteiger partial charge in [-0.25, -0.2) is 0 Å². The van der Waals surface area contributed by atoms with E-state index in [0.29, 0.717) is 12.5 Å². The van der Waals surface area contributed by atoms with Crippen LogP contribution in [0.25, 0.3) is 0 Å². The van der Waals surface area contributed by atoms with Crippen molar-refractivity contribution in [2.45, 2.75) is 31.7 Å². The van der Waals surface area contributed by atoms with Crippen molar-refractivity contribution in [2.75, 3.05) is 24.5 Å². The molecule has 1 N–H and O–H groups in total. The van der Waals surface area contributed by atoms with Gasteiger partial charge in [-0.05, 0) is 49.6 Å². The van der Waals surface area contributed by atoms with Crippen LogP contribution < -0.4 is 4.90 Å². The first-order valence-corrected chi connectivity index (χ1v) is 8.58. The molecular formula is C19H23N3O. The average molecular weight is 309 g/mol. The van der Waals surface area contributed by atoms with E-state index in [4.69, 9.17) is 0 Å². The number of hydrogen-bond donors (Lipinski definition) is 1. The molecule has 23 heavy (non-hydrogen) atoms. The van der Waals surface area contributed by atoms with Crippen molar-refractivity contribution in [3.8, 4) is 0 Å². The van der Waals surface area contributed by atoms with Crippen LogP contribution >= 0.6 is 0 Å². The summed E-state index contributed by atoms with van der Waals surface area (Å²) in [6, 6.07) is 12.9. The van der Waals surface area contributed by atoms with Gasteiger partial charge in [-0.15, -0.1) is 0 Å². The number of nitrogens with zero attached hydrogens (tertiary/aromatic N) is 2. The molecule has 0 aliphatic carbocycles. The second-order valence-corrected chi connectivity index (χ2v) is 6.49. The van der Waals surface area contributed by atoms with Crippen LogP contribution in [0.4, 0.5) is 5.69 Å². The average Bonchev–Trinajstić information content (AvgIpc) is 3.30. The normalized spacial score (nSPS) is 20.9. The standard InChI is InChI=1S/C19H23N3O/c23-19(22-14-9-15-5-1-2-7-17(15)22)10-13-21-12-4-8-18(21)16-6-3-11-20-16/h1-3,5-7,11,18,20H,4,8-10,12-14H2/t18-/m1/s1. The zero-order chi connectivity index (χ0) is 15.6. The lowest BCUT2D eigenvalue weighted by atomic mass is 10.1. The molecule has 0 radical (unpaired) electrons. The molecule has 2 aliphatic rings. The van der Waals surface area contributed by atoms with Crippen molar-refractivity contribution in [3.63, 3.8) is 0 Å². The smallest absolute Gasteiger partial charge is 0.228 e. The van der Waals surface area contributed by atoms with Crippen LogP contribution in [0.5, 0.6) is 0 Å². The molecule has 120 valence electrons. The first-order valence-electron chi connectivity index (χ1n) is 8.58. The lowest BCUT2D eigenvalue weighted by molar-refractivity contribution is -0.118. The largest absolute Gasteiger partial charge is 0.364 e. The van der Waals surface area contributed by atoms with Gasteiger partial charge < -0.3 is 9.88 Å². The number of hydrogen-bond acceptors (Lipinski definition) is 2. The zero-order valence-corrected chi connectivity index (χ0v) is 13.4.